The van der Waals surface area contributed by atoms with E-state index in [-0.39, 0.29) is 11.6 Å². The van der Waals surface area contributed by atoms with E-state index in [0.29, 0.717) is 5.92 Å². The van der Waals surface area contributed by atoms with Gasteiger partial charge in [0.2, 0.25) is 0 Å². The second kappa shape index (κ2) is 3.81. The minimum absolute atomic E-state index is 0.141. The van der Waals surface area contributed by atoms with E-state index in [1.54, 1.807) is 7.11 Å². The highest BCUT2D eigenvalue weighted by Gasteiger charge is 2.33. The molecule has 13 heavy (non-hydrogen) atoms. The Hall–Kier alpha value is -0.340. The number of nitrogens with two attached hydrogens (primary N) is 1. The Morgan fingerprint density at radius 1 is 1.54 bits per heavy atom. The molecule has 0 aromatic rings. The van der Waals surface area contributed by atoms with Gasteiger partial charge in [0, 0.05) is 18.6 Å². The van der Waals surface area contributed by atoms with Gasteiger partial charge in [-0.3, -0.25) is 0 Å². The van der Waals surface area contributed by atoms with Crippen LogP contribution in [-0.4, -0.2) is 18.8 Å². The third-order valence-corrected chi connectivity index (χ3v) is 2.92. The van der Waals surface area contributed by atoms with Gasteiger partial charge in [0.25, 0.3) is 0 Å². The molecule has 0 aromatic carbocycles. The summed E-state index contributed by atoms with van der Waals surface area (Å²) in [5.41, 5.74) is 7.39. The maximum Gasteiger partial charge on any atom is 0.0800 e. The number of hydrogen-bond acceptors (Lipinski definition) is 2. The molecule has 2 unspecified atom stereocenters. The Labute approximate surface area is 81.1 Å². The van der Waals surface area contributed by atoms with Crippen molar-refractivity contribution in [2.24, 2.45) is 11.7 Å². The molecule has 1 aliphatic carbocycles. The van der Waals surface area contributed by atoms with Crippen molar-refractivity contribution in [2.45, 2.75) is 45.3 Å². The first-order valence-corrected chi connectivity index (χ1v) is 4.94. The van der Waals surface area contributed by atoms with E-state index in [1.165, 1.54) is 5.57 Å². The molecule has 0 fully saturated rings. The van der Waals surface area contributed by atoms with Gasteiger partial charge in [-0.1, -0.05) is 11.6 Å². The zero-order valence-electron chi connectivity index (χ0n) is 9.13. The lowest BCUT2D eigenvalue weighted by Gasteiger charge is -2.37. The van der Waals surface area contributed by atoms with Gasteiger partial charge in [0.05, 0.1) is 6.10 Å². The van der Waals surface area contributed by atoms with Gasteiger partial charge in [-0.2, -0.15) is 0 Å². The first kappa shape index (κ1) is 10.7. The number of allylic oxidation sites excluding steroid dienone is 1. The van der Waals surface area contributed by atoms with Crippen LogP contribution < -0.4 is 5.73 Å². The lowest BCUT2D eigenvalue weighted by atomic mass is 9.76. The summed E-state index contributed by atoms with van der Waals surface area (Å²) in [6.45, 7) is 6.32. The van der Waals surface area contributed by atoms with E-state index in [1.807, 2.05) is 0 Å². The van der Waals surface area contributed by atoms with Gasteiger partial charge >= 0.3 is 0 Å². The second-order valence-electron chi connectivity index (χ2n) is 4.68. The minimum atomic E-state index is -0.141. The summed E-state index contributed by atoms with van der Waals surface area (Å²) in [6, 6.07) is 0. The third-order valence-electron chi connectivity index (χ3n) is 2.92. The quantitative estimate of drug-likeness (QED) is 0.665. The van der Waals surface area contributed by atoms with Crippen molar-refractivity contribution in [3.8, 4) is 0 Å². The molecule has 1 rings (SSSR count). The fourth-order valence-corrected chi connectivity index (χ4v) is 2.06. The van der Waals surface area contributed by atoms with Crippen LogP contribution in [0, 0.1) is 5.92 Å². The highest BCUT2D eigenvalue weighted by Crippen LogP contribution is 2.31. The highest BCUT2D eigenvalue weighted by molar-refractivity contribution is 5.11. The Morgan fingerprint density at radius 2 is 2.15 bits per heavy atom. The lowest BCUT2D eigenvalue weighted by molar-refractivity contribution is 0.0488. The zero-order valence-corrected chi connectivity index (χ0v) is 9.13. The average molecular weight is 183 g/mol. The molecule has 0 bridgehead atoms. The van der Waals surface area contributed by atoms with Gasteiger partial charge in [-0.05, 0) is 33.6 Å². The molecule has 2 heteroatoms. The van der Waals surface area contributed by atoms with Crippen molar-refractivity contribution in [1.29, 1.82) is 0 Å². The molecule has 1 aliphatic rings. The van der Waals surface area contributed by atoms with E-state index in [2.05, 4.69) is 26.8 Å². The van der Waals surface area contributed by atoms with E-state index in [9.17, 15) is 0 Å². The van der Waals surface area contributed by atoms with Crippen LogP contribution in [0.3, 0.4) is 0 Å². The number of hydrogen-bond donors (Lipinski definition) is 1. The number of rotatable bonds is 2. The number of methoxy groups -OCH3 is 1. The first-order chi connectivity index (χ1) is 5.95. The lowest BCUT2D eigenvalue weighted by Crippen LogP contribution is -2.47. The standard InChI is InChI=1S/C11H21NO/c1-8-5-6-9(11(2,3)12)10(7-8)13-4/h7,9-10H,5-6,12H2,1-4H3. The fraction of sp³-hybridized carbons (Fsp3) is 0.818. The van der Waals surface area contributed by atoms with E-state index in [0.717, 1.165) is 12.8 Å². The summed E-state index contributed by atoms with van der Waals surface area (Å²) in [4.78, 5) is 0. The van der Waals surface area contributed by atoms with Crippen LogP contribution in [0.2, 0.25) is 0 Å². The topological polar surface area (TPSA) is 35.2 Å². The molecule has 0 saturated heterocycles. The zero-order chi connectivity index (χ0) is 10.1. The van der Waals surface area contributed by atoms with E-state index >= 15 is 0 Å². The molecule has 0 saturated carbocycles. The van der Waals surface area contributed by atoms with Gasteiger partial charge in [0.15, 0.2) is 0 Å². The van der Waals surface area contributed by atoms with Gasteiger partial charge < -0.3 is 10.5 Å². The van der Waals surface area contributed by atoms with Gasteiger partial charge in [-0.25, -0.2) is 0 Å². The summed E-state index contributed by atoms with van der Waals surface area (Å²) < 4.78 is 5.44. The predicted octanol–water partition coefficient (Wildman–Crippen LogP) is 2.10. The van der Waals surface area contributed by atoms with Crippen molar-refractivity contribution in [3.05, 3.63) is 11.6 Å². The highest BCUT2D eigenvalue weighted by atomic mass is 16.5. The molecule has 2 N–H and O–H groups in total. The Kier molecular flexibility index (Phi) is 3.14. The van der Waals surface area contributed by atoms with Crippen molar-refractivity contribution < 1.29 is 4.74 Å². The molecular formula is C11H21NO. The number of ether oxygens (including phenoxy) is 1. The fourth-order valence-electron chi connectivity index (χ4n) is 2.06. The minimum Gasteiger partial charge on any atom is -0.377 e. The monoisotopic (exact) mass is 183 g/mol. The average Bonchev–Trinajstić information content (AvgIpc) is 2.01. The molecule has 0 aliphatic heterocycles. The Morgan fingerprint density at radius 3 is 2.62 bits per heavy atom. The molecule has 0 spiro atoms. The van der Waals surface area contributed by atoms with Crippen LogP contribution in [0.15, 0.2) is 11.6 Å². The summed E-state index contributed by atoms with van der Waals surface area (Å²) in [7, 11) is 1.76. The normalized spacial score (nSPS) is 30.1. The van der Waals surface area contributed by atoms with Crippen LogP contribution >= 0.6 is 0 Å². The van der Waals surface area contributed by atoms with Crippen molar-refractivity contribution in [3.63, 3.8) is 0 Å². The first-order valence-electron chi connectivity index (χ1n) is 4.94. The van der Waals surface area contributed by atoms with Crippen LogP contribution in [0.25, 0.3) is 0 Å². The van der Waals surface area contributed by atoms with E-state index < -0.39 is 0 Å². The molecule has 0 heterocycles. The predicted molar refractivity (Wildman–Crippen MR) is 55.5 cm³/mol. The maximum absolute atomic E-state index is 6.11. The van der Waals surface area contributed by atoms with Gasteiger partial charge in [0.1, 0.15) is 0 Å². The molecule has 0 radical (unpaired) electrons. The Balaban J connectivity index is 2.77. The summed E-state index contributed by atoms with van der Waals surface area (Å²) >= 11 is 0. The maximum atomic E-state index is 6.11. The van der Waals surface area contributed by atoms with Crippen LogP contribution in [0.5, 0.6) is 0 Å². The van der Waals surface area contributed by atoms with Gasteiger partial charge in [-0.15, -0.1) is 0 Å². The second-order valence-corrected chi connectivity index (χ2v) is 4.68. The summed E-state index contributed by atoms with van der Waals surface area (Å²) in [6.07, 6.45) is 4.71. The molecule has 0 aromatic heterocycles. The van der Waals surface area contributed by atoms with Crippen molar-refractivity contribution >= 4 is 0 Å². The largest absolute Gasteiger partial charge is 0.377 e. The molecule has 2 nitrogen and oxygen atoms in total. The van der Waals surface area contributed by atoms with Crippen LogP contribution in [0.4, 0.5) is 0 Å². The third kappa shape index (κ3) is 2.55. The Bertz CT molecular complexity index is 203. The molecule has 2 atom stereocenters. The molecule has 0 amide bonds. The van der Waals surface area contributed by atoms with Crippen LogP contribution in [-0.2, 0) is 4.74 Å². The summed E-state index contributed by atoms with van der Waals surface area (Å²) in [5.74, 6) is 0.446. The molecular weight excluding hydrogens is 162 g/mol. The smallest absolute Gasteiger partial charge is 0.0800 e. The SMILES string of the molecule is COC1C=C(C)CCC1C(C)(C)N. The van der Waals surface area contributed by atoms with Crippen molar-refractivity contribution in [2.75, 3.05) is 7.11 Å². The van der Waals surface area contributed by atoms with Crippen LogP contribution in [0.1, 0.15) is 33.6 Å². The van der Waals surface area contributed by atoms with Crippen molar-refractivity contribution in [1.82, 2.24) is 0 Å². The van der Waals surface area contributed by atoms with E-state index in [4.69, 9.17) is 10.5 Å². The summed E-state index contributed by atoms with van der Waals surface area (Å²) in [5, 5.41) is 0. The molecule has 76 valence electrons.